The van der Waals surface area contributed by atoms with Crippen LogP contribution in [0.1, 0.15) is 59.4 Å². The van der Waals surface area contributed by atoms with Gasteiger partial charge < -0.3 is 31.5 Å². The summed E-state index contributed by atoms with van der Waals surface area (Å²) in [7, 11) is 0. The van der Waals surface area contributed by atoms with E-state index in [1.807, 2.05) is 13.8 Å². The van der Waals surface area contributed by atoms with E-state index in [1.165, 1.54) is 0 Å². The van der Waals surface area contributed by atoms with Crippen molar-refractivity contribution >= 4 is 23.6 Å². The van der Waals surface area contributed by atoms with Crippen LogP contribution in [-0.4, -0.2) is 47.2 Å². The van der Waals surface area contributed by atoms with Crippen LogP contribution in [0.25, 0.3) is 0 Å². The van der Waals surface area contributed by atoms with Gasteiger partial charge in [0.05, 0.1) is 12.6 Å². The number of rotatable bonds is 11. The lowest BCUT2D eigenvalue weighted by Gasteiger charge is -2.22. The minimum atomic E-state index is -0.772. The molecule has 2 atom stereocenters. The van der Waals surface area contributed by atoms with Crippen LogP contribution in [0.2, 0.25) is 0 Å². The summed E-state index contributed by atoms with van der Waals surface area (Å²) in [6, 6.07) is 5.30. The van der Waals surface area contributed by atoms with Crippen molar-refractivity contribution in [2.75, 3.05) is 11.9 Å². The molecule has 1 rings (SSSR count). The fourth-order valence-corrected chi connectivity index (χ4v) is 2.74. The second kappa shape index (κ2) is 13.0. The summed E-state index contributed by atoms with van der Waals surface area (Å²) in [5.74, 6) is -0.809. The molecule has 0 aliphatic carbocycles. The summed E-state index contributed by atoms with van der Waals surface area (Å²) in [6.45, 7) is 9.35. The molecule has 1 aromatic rings. The Morgan fingerprint density at radius 3 is 2.22 bits per heavy atom. The fraction of sp³-hybridized carbons (Fsp3) is 0.609. The highest BCUT2D eigenvalue weighted by atomic mass is 16.6. The Kier molecular flexibility index (Phi) is 11.1. The van der Waals surface area contributed by atoms with E-state index < -0.39 is 23.8 Å². The predicted octanol–water partition coefficient (Wildman–Crippen LogP) is 2.28. The van der Waals surface area contributed by atoms with Gasteiger partial charge in [-0.25, -0.2) is 4.79 Å². The van der Waals surface area contributed by atoms with Crippen molar-refractivity contribution in [3.05, 3.63) is 29.8 Å². The van der Waals surface area contributed by atoms with Gasteiger partial charge in [-0.15, -0.1) is 0 Å². The van der Waals surface area contributed by atoms with Gasteiger partial charge in [-0.2, -0.15) is 0 Å². The van der Waals surface area contributed by atoms with Gasteiger partial charge in [0, 0.05) is 12.2 Å². The van der Waals surface area contributed by atoms with Crippen LogP contribution < -0.4 is 21.7 Å². The lowest BCUT2D eigenvalue weighted by Crippen LogP contribution is -2.51. The maximum Gasteiger partial charge on any atom is 0.407 e. The Morgan fingerprint density at radius 1 is 1.06 bits per heavy atom. The number of alkyl carbamates (subject to hydrolysis) is 1. The number of hydrogen-bond donors (Lipinski definition) is 5. The first kappa shape index (κ1) is 27.4. The molecule has 9 heteroatoms. The highest BCUT2D eigenvalue weighted by Gasteiger charge is 2.25. The molecule has 0 saturated heterocycles. The number of amides is 3. The molecule has 0 heterocycles. The monoisotopic (exact) mass is 450 g/mol. The second-order valence-corrected chi connectivity index (χ2v) is 9.10. The van der Waals surface area contributed by atoms with Crippen molar-refractivity contribution in [3.63, 3.8) is 0 Å². The number of carbonyl (C=O) groups is 3. The third-order valence-corrected chi connectivity index (χ3v) is 4.65. The third-order valence-electron chi connectivity index (χ3n) is 4.65. The Labute approximate surface area is 190 Å². The minimum Gasteiger partial charge on any atom is -0.444 e. The average molecular weight is 451 g/mol. The molecule has 0 unspecified atom stereocenters. The molecule has 0 bridgehead atoms. The van der Waals surface area contributed by atoms with Gasteiger partial charge >= 0.3 is 6.09 Å². The largest absolute Gasteiger partial charge is 0.444 e. The van der Waals surface area contributed by atoms with Crippen molar-refractivity contribution < 1.29 is 24.2 Å². The molecule has 0 aromatic heterocycles. The molecule has 180 valence electrons. The summed E-state index contributed by atoms with van der Waals surface area (Å²) in [5, 5.41) is 17.4. The molecule has 1 aromatic carbocycles. The Hall–Kier alpha value is -2.65. The molecular weight excluding hydrogens is 412 g/mol. The van der Waals surface area contributed by atoms with E-state index in [1.54, 1.807) is 45.0 Å². The normalized spacial score (nSPS) is 13.2. The number of anilines is 1. The van der Waals surface area contributed by atoms with E-state index in [0.717, 1.165) is 5.56 Å². The number of nitrogens with one attached hydrogen (secondary N) is 3. The van der Waals surface area contributed by atoms with Gasteiger partial charge in [-0.05, 0) is 63.6 Å². The van der Waals surface area contributed by atoms with Crippen molar-refractivity contribution in [1.82, 2.24) is 10.6 Å². The van der Waals surface area contributed by atoms with Gasteiger partial charge in [-0.3, -0.25) is 9.59 Å². The van der Waals surface area contributed by atoms with Crippen LogP contribution in [0.15, 0.2) is 24.3 Å². The summed E-state index contributed by atoms with van der Waals surface area (Å²) >= 11 is 0. The number of unbranched alkanes of at least 4 members (excludes halogenated alkanes) is 1. The van der Waals surface area contributed by atoms with Crippen LogP contribution in [-0.2, 0) is 20.9 Å². The van der Waals surface area contributed by atoms with Crippen LogP contribution in [0.4, 0.5) is 10.5 Å². The first-order valence-electron chi connectivity index (χ1n) is 11.0. The highest BCUT2D eigenvalue weighted by Crippen LogP contribution is 2.12. The van der Waals surface area contributed by atoms with E-state index in [-0.39, 0.29) is 24.3 Å². The standard InChI is InChI=1S/C23H38N4O5/c1-15(2)19(24)21(30)27-18(8-6-7-13-25-22(31)32-23(3,4)5)20(29)26-17-11-9-16(14-28)10-12-17/h9-12,15,18-19,28H,6-8,13-14,24H2,1-5H3,(H,25,31)(H,26,29)(H,27,30)/t18-,19-/m0/s1. The smallest absolute Gasteiger partial charge is 0.407 e. The van der Waals surface area contributed by atoms with Crippen molar-refractivity contribution in [2.24, 2.45) is 11.7 Å². The summed E-state index contributed by atoms with van der Waals surface area (Å²) in [4.78, 5) is 37.0. The Bertz CT molecular complexity index is 744. The molecular formula is C23H38N4O5. The highest BCUT2D eigenvalue weighted by molar-refractivity contribution is 5.97. The summed E-state index contributed by atoms with van der Waals surface area (Å²) in [6.07, 6.45) is 1.09. The SMILES string of the molecule is CC(C)[C@H](N)C(=O)N[C@@H](CCCCNC(=O)OC(C)(C)C)C(=O)Nc1ccc(CO)cc1. The number of hydrogen-bond acceptors (Lipinski definition) is 6. The lowest BCUT2D eigenvalue weighted by molar-refractivity contribution is -0.128. The number of aliphatic hydroxyl groups is 1. The van der Waals surface area contributed by atoms with Gasteiger partial charge in [0.15, 0.2) is 0 Å². The second-order valence-electron chi connectivity index (χ2n) is 9.10. The number of ether oxygens (including phenoxy) is 1. The van der Waals surface area contributed by atoms with Crippen molar-refractivity contribution in [1.29, 1.82) is 0 Å². The van der Waals surface area contributed by atoms with Crippen molar-refractivity contribution in [2.45, 2.75) is 78.2 Å². The number of carbonyl (C=O) groups excluding carboxylic acids is 3. The van der Waals surface area contributed by atoms with E-state index in [2.05, 4.69) is 16.0 Å². The van der Waals surface area contributed by atoms with Gasteiger partial charge in [0.2, 0.25) is 11.8 Å². The average Bonchev–Trinajstić information content (AvgIpc) is 2.70. The molecule has 0 radical (unpaired) electrons. The molecule has 3 amide bonds. The third kappa shape index (κ3) is 10.6. The zero-order valence-electron chi connectivity index (χ0n) is 19.7. The first-order chi connectivity index (χ1) is 14.9. The number of aliphatic hydroxyl groups excluding tert-OH is 1. The van der Waals surface area contributed by atoms with Crippen molar-refractivity contribution in [3.8, 4) is 0 Å². The summed E-state index contributed by atoms with van der Waals surface area (Å²) in [5.41, 5.74) is 6.65. The Balaban J connectivity index is 2.66. The summed E-state index contributed by atoms with van der Waals surface area (Å²) < 4.78 is 5.19. The van der Waals surface area contributed by atoms with Crippen LogP contribution in [0.3, 0.4) is 0 Å². The van der Waals surface area contributed by atoms with Gasteiger partial charge in [0.25, 0.3) is 0 Å². The molecule has 0 aliphatic rings. The van der Waals surface area contributed by atoms with E-state index in [0.29, 0.717) is 31.5 Å². The van der Waals surface area contributed by atoms with E-state index in [4.69, 9.17) is 15.6 Å². The Morgan fingerprint density at radius 2 is 1.69 bits per heavy atom. The fourth-order valence-electron chi connectivity index (χ4n) is 2.74. The quantitative estimate of drug-likeness (QED) is 0.327. The number of benzene rings is 1. The molecule has 9 nitrogen and oxygen atoms in total. The van der Waals surface area contributed by atoms with Gasteiger partial charge in [-0.1, -0.05) is 26.0 Å². The molecule has 0 aliphatic heterocycles. The minimum absolute atomic E-state index is 0.0669. The van der Waals surface area contributed by atoms with Crippen LogP contribution in [0.5, 0.6) is 0 Å². The zero-order valence-corrected chi connectivity index (χ0v) is 19.7. The zero-order chi connectivity index (χ0) is 24.3. The van der Waals surface area contributed by atoms with Gasteiger partial charge in [0.1, 0.15) is 11.6 Å². The maximum absolute atomic E-state index is 12.8. The maximum atomic E-state index is 12.8. The first-order valence-corrected chi connectivity index (χ1v) is 11.0. The molecule has 0 saturated carbocycles. The molecule has 6 N–H and O–H groups in total. The number of nitrogens with two attached hydrogens (primary N) is 1. The van der Waals surface area contributed by atoms with E-state index in [9.17, 15) is 14.4 Å². The molecule has 0 fully saturated rings. The molecule has 32 heavy (non-hydrogen) atoms. The molecule has 0 spiro atoms. The van der Waals surface area contributed by atoms with Crippen LogP contribution >= 0.6 is 0 Å². The predicted molar refractivity (Wildman–Crippen MR) is 124 cm³/mol. The lowest BCUT2D eigenvalue weighted by atomic mass is 10.0. The van der Waals surface area contributed by atoms with E-state index >= 15 is 0 Å². The van der Waals surface area contributed by atoms with Crippen LogP contribution in [0, 0.1) is 5.92 Å². The topological polar surface area (TPSA) is 143 Å².